The standard InChI is InChI=1S/C22H23NO6S/c24-17(15-6-7-18-19(12-15)28-10-3-9-27-18)14-29-22(26)16-4-1-8-23(13-16)21(25)20-5-2-11-30-20/h2,5-7,11-12,16H,1,3-4,8-10,13-14H2. The number of nitrogens with zero attached hydrogens (tertiary/aromatic N) is 1. The van der Waals surface area contributed by atoms with Crippen molar-refractivity contribution in [2.75, 3.05) is 32.9 Å². The molecule has 1 saturated heterocycles. The van der Waals surface area contributed by atoms with E-state index in [2.05, 4.69) is 0 Å². The minimum atomic E-state index is -0.443. The fraction of sp³-hybridized carbons (Fsp3) is 0.409. The highest BCUT2D eigenvalue weighted by Gasteiger charge is 2.30. The molecule has 1 atom stereocenters. The number of hydrogen-bond acceptors (Lipinski definition) is 7. The van der Waals surface area contributed by atoms with Gasteiger partial charge in [-0.1, -0.05) is 6.07 Å². The third kappa shape index (κ3) is 4.64. The van der Waals surface area contributed by atoms with Crippen molar-refractivity contribution in [3.05, 3.63) is 46.2 Å². The maximum atomic E-state index is 12.5. The van der Waals surface area contributed by atoms with E-state index in [4.69, 9.17) is 14.2 Å². The molecule has 1 unspecified atom stereocenters. The lowest BCUT2D eigenvalue weighted by atomic mass is 9.98. The molecule has 2 aliphatic rings. The van der Waals surface area contributed by atoms with E-state index in [9.17, 15) is 14.4 Å². The number of Topliss-reactive ketones (excluding diaryl/α,β-unsaturated/α-hetero) is 1. The Balaban J connectivity index is 1.32. The molecular formula is C22H23NO6S. The fourth-order valence-electron chi connectivity index (χ4n) is 3.58. The molecule has 8 heteroatoms. The Hall–Kier alpha value is -2.87. The SMILES string of the molecule is O=C(COC(=O)C1CCCN(C(=O)c2cccs2)C1)c1ccc2c(c1)OCCCO2. The summed E-state index contributed by atoms with van der Waals surface area (Å²) in [7, 11) is 0. The first-order chi connectivity index (χ1) is 14.6. The fourth-order valence-corrected chi connectivity index (χ4v) is 4.28. The number of carbonyl (C=O) groups is 3. The van der Waals surface area contributed by atoms with E-state index in [1.165, 1.54) is 11.3 Å². The molecule has 1 fully saturated rings. The van der Waals surface area contributed by atoms with Crippen LogP contribution in [0.2, 0.25) is 0 Å². The molecule has 4 rings (SSSR count). The second-order valence-electron chi connectivity index (χ2n) is 7.31. The average Bonchev–Trinajstić information content (AvgIpc) is 3.22. The minimum absolute atomic E-state index is 0.0641. The van der Waals surface area contributed by atoms with Gasteiger partial charge >= 0.3 is 5.97 Å². The number of carbonyl (C=O) groups excluding carboxylic acids is 3. The first kappa shape index (κ1) is 20.4. The molecule has 1 amide bonds. The van der Waals surface area contributed by atoms with Gasteiger partial charge in [0, 0.05) is 25.1 Å². The van der Waals surface area contributed by atoms with Crippen molar-refractivity contribution >= 4 is 29.0 Å². The van der Waals surface area contributed by atoms with Gasteiger partial charge in [-0.2, -0.15) is 0 Å². The quantitative estimate of drug-likeness (QED) is 0.536. The van der Waals surface area contributed by atoms with Gasteiger partial charge in [0.05, 0.1) is 24.0 Å². The molecule has 0 bridgehead atoms. The van der Waals surface area contributed by atoms with Crippen molar-refractivity contribution in [2.24, 2.45) is 5.92 Å². The molecule has 2 aliphatic heterocycles. The van der Waals surface area contributed by atoms with Crippen LogP contribution in [0.5, 0.6) is 11.5 Å². The molecule has 1 aromatic carbocycles. The van der Waals surface area contributed by atoms with Gasteiger partial charge in [-0.15, -0.1) is 11.3 Å². The predicted molar refractivity (Wildman–Crippen MR) is 110 cm³/mol. The van der Waals surface area contributed by atoms with Gasteiger partial charge in [0.15, 0.2) is 23.9 Å². The zero-order chi connectivity index (χ0) is 20.9. The summed E-state index contributed by atoms with van der Waals surface area (Å²) in [5.74, 6) is -0.0915. The van der Waals surface area contributed by atoms with Crippen LogP contribution in [0.25, 0.3) is 0 Å². The van der Waals surface area contributed by atoms with Crippen LogP contribution in [0.15, 0.2) is 35.7 Å². The number of ketones is 1. The number of benzene rings is 1. The van der Waals surface area contributed by atoms with Crippen LogP contribution in [0.3, 0.4) is 0 Å². The number of rotatable bonds is 5. The van der Waals surface area contributed by atoms with E-state index >= 15 is 0 Å². The number of ether oxygens (including phenoxy) is 3. The van der Waals surface area contributed by atoms with Gasteiger partial charge in [-0.25, -0.2) is 0 Å². The maximum Gasteiger partial charge on any atom is 0.311 e. The van der Waals surface area contributed by atoms with Gasteiger partial charge in [-0.3, -0.25) is 14.4 Å². The molecule has 0 aliphatic carbocycles. The van der Waals surface area contributed by atoms with Crippen molar-refractivity contribution < 1.29 is 28.6 Å². The van der Waals surface area contributed by atoms with Crippen LogP contribution in [0.4, 0.5) is 0 Å². The number of fused-ring (bicyclic) bond motifs is 1. The lowest BCUT2D eigenvalue weighted by Crippen LogP contribution is -2.42. The first-order valence-corrected chi connectivity index (χ1v) is 10.9. The molecule has 30 heavy (non-hydrogen) atoms. The van der Waals surface area contributed by atoms with Crippen LogP contribution in [0, 0.1) is 5.92 Å². The average molecular weight is 429 g/mol. The molecule has 2 aromatic rings. The zero-order valence-electron chi connectivity index (χ0n) is 16.5. The largest absolute Gasteiger partial charge is 0.490 e. The van der Waals surface area contributed by atoms with Crippen molar-refractivity contribution in [1.29, 1.82) is 0 Å². The Kier molecular flexibility index (Phi) is 6.32. The Labute approximate surface area is 178 Å². The van der Waals surface area contributed by atoms with E-state index in [0.29, 0.717) is 54.7 Å². The minimum Gasteiger partial charge on any atom is -0.490 e. The van der Waals surface area contributed by atoms with Gasteiger partial charge in [0.25, 0.3) is 5.91 Å². The van der Waals surface area contributed by atoms with Crippen molar-refractivity contribution in [3.63, 3.8) is 0 Å². The number of thiophene rings is 1. The molecule has 3 heterocycles. The highest BCUT2D eigenvalue weighted by atomic mass is 32.1. The molecule has 0 spiro atoms. The zero-order valence-corrected chi connectivity index (χ0v) is 17.3. The summed E-state index contributed by atoms with van der Waals surface area (Å²) in [6, 6.07) is 8.58. The molecular weight excluding hydrogens is 406 g/mol. The van der Waals surface area contributed by atoms with E-state index < -0.39 is 11.9 Å². The molecule has 0 saturated carbocycles. The number of amides is 1. The Morgan fingerprint density at radius 3 is 2.73 bits per heavy atom. The summed E-state index contributed by atoms with van der Waals surface area (Å²) in [5, 5.41) is 1.86. The second kappa shape index (κ2) is 9.30. The Morgan fingerprint density at radius 2 is 1.93 bits per heavy atom. The summed E-state index contributed by atoms with van der Waals surface area (Å²) < 4.78 is 16.5. The monoisotopic (exact) mass is 429 g/mol. The molecule has 0 N–H and O–H groups in total. The lowest BCUT2D eigenvalue weighted by molar-refractivity contribution is -0.148. The Morgan fingerprint density at radius 1 is 1.10 bits per heavy atom. The van der Waals surface area contributed by atoms with E-state index in [-0.39, 0.29) is 18.3 Å². The lowest BCUT2D eigenvalue weighted by Gasteiger charge is -2.31. The molecule has 1 aromatic heterocycles. The highest BCUT2D eigenvalue weighted by molar-refractivity contribution is 7.12. The van der Waals surface area contributed by atoms with E-state index in [1.807, 2.05) is 11.4 Å². The van der Waals surface area contributed by atoms with E-state index in [1.54, 1.807) is 29.2 Å². The predicted octanol–water partition coefficient (Wildman–Crippen LogP) is 3.19. The topological polar surface area (TPSA) is 82.1 Å². The molecule has 0 radical (unpaired) electrons. The van der Waals surface area contributed by atoms with Gasteiger partial charge < -0.3 is 19.1 Å². The van der Waals surface area contributed by atoms with Gasteiger partial charge in [0.2, 0.25) is 0 Å². The van der Waals surface area contributed by atoms with Crippen molar-refractivity contribution in [1.82, 2.24) is 4.90 Å². The van der Waals surface area contributed by atoms with Gasteiger partial charge in [-0.05, 0) is 42.5 Å². The van der Waals surface area contributed by atoms with Crippen LogP contribution < -0.4 is 9.47 Å². The third-order valence-electron chi connectivity index (χ3n) is 5.19. The van der Waals surface area contributed by atoms with Crippen molar-refractivity contribution in [3.8, 4) is 11.5 Å². The number of hydrogen-bond donors (Lipinski definition) is 0. The van der Waals surface area contributed by atoms with Crippen LogP contribution >= 0.6 is 11.3 Å². The normalized spacial score (nSPS) is 18.4. The van der Waals surface area contributed by atoms with Crippen LogP contribution in [-0.4, -0.2) is 55.5 Å². The number of esters is 1. The number of likely N-dealkylation sites (tertiary alicyclic amines) is 1. The van der Waals surface area contributed by atoms with Gasteiger partial charge in [0.1, 0.15) is 0 Å². The van der Waals surface area contributed by atoms with Crippen LogP contribution in [0.1, 0.15) is 39.3 Å². The highest BCUT2D eigenvalue weighted by Crippen LogP contribution is 2.30. The summed E-state index contributed by atoms with van der Waals surface area (Å²) in [6.07, 6.45) is 2.15. The summed E-state index contributed by atoms with van der Waals surface area (Å²) in [6.45, 7) is 1.70. The summed E-state index contributed by atoms with van der Waals surface area (Å²) >= 11 is 1.39. The second-order valence-corrected chi connectivity index (χ2v) is 8.26. The summed E-state index contributed by atoms with van der Waals surface area (Å²) in [4.78, 5) is 39.9. The molecule has 158 valence electrons. The summed E-state index contributed by atoms with van der Waals surface area (Å²) in [5.41, 5.74) is 0.408. The first-order valence-electron chi connectivity index (χ1n) is 10.0. The third-order valence-corrected chi connectivity index (χ3v) is 6.05. The molecule has 7 nitrogen and oxygen atoms in total. The number of piperidine rings is 1. The Bertz CT molecular complexity index is 926. The maximum absolute atomic E-state index is 12.5. The van der Waals surface area contributed by atoms with Crippen molar-refractivity contribution in [2.45, 2.75) is 19.3 Å². The van der Waals surface area contributed by atoms with Crippen LogP contribution in [-0.2, 0) is 9.53 Å². The smallest absolute Gasteiger partial charge is 0.311 e. The van der Waals surface area contributed by atoms with E-state index in [0.717, 1.165) is 12.8 Å².